The van der Waals surface area contributed by atoms with Crippen LogP contribution in [0.5, 0.6) is 0 Å². The zero-order valence-corrected chi connectivity index (χ0v) is 7.26. The average molecular weight is 144 g/mol. The van der Waals surface area contributed by atoms with E-state index in [1.807, 2.05) is 13.1 Å². The monoisotopic (exact) mass is 144 g/mol. The van der Waals surface area contributed by atoms with Crippen molar-refractivity contribution in [3.8, 4) is 0 Å². The van der Waals surface area contributed by atoms with Gasteiger partial charge in [0.2, 0.25) is 9.04 Å². The van der Waals surface area contributed by atoms with E-state index in [2.05, 4.69) is 6.58 Å². The lowest BCUT2D eigenvalue weighted by molar-refractivity contribution is -0.130. The maximum absolute atomic E-state index is 10.7. The van der Waals surface area contributed by atoms with E-state index in [-0.39, 0.29) is 5.97 Å². The summed E-state index contributed by atoms with van der Waals surface area (Å²) in [5, 5.41) is 0. The normalized spacial score (nSPS) is 9.33. The van der Waals surface area contributed by atoms with Crippen molar-refractivity contribution in [1.82, 2.24) is 0 Å². The highest BCUT2D eigenvalue weighted by molar-refractivity contribution is 6.50. The van der Waals surface area contributed by atoms with Crippen molar-refractivity contribution in [2.45, 2.75) is 20.0 Å². The van der Waals surface area contributed by atoms with E-state index >= 15 is 0 Å². The Morgan fingerprint density at radius 3 is 2.11 bits per heavy atom. The van der Waals surface area contributed by atoms with Gasteiger partial charge >= 0.3 is 5.97 Å². The van der Waals surface area contributed by atoms with Crippen molar-refractivity contribution in [1.29, 1.82) is 0 Å². The van der Waals surface area contributed by atoms with Gasteiger partial charge in [0.05, 0.1) is 0 Å². The van der Waals surface area contributed by atoms with E-state index in [0.29, 0.717) is 5.57 Å². The van der Waals surface area contributed by atoms with Gasteiger partial charge in [-0.1, -0.05) is 6.58 Å². The lowest BCUT2D eigenvalue weighted by Gasteiger charge is -2.05. The Morgan fingerprint density at radius 1 is 1.56 bits per heavy atom. The molecule has 0 rings (SSSR count). The predicted molar refractivity (Wildman–Crippen MR) is 39.8 cm³/mol. The summed E-state index contributed by atoms with van der Waals surface area (Å²) in [7, 11) is -1.19. The van der Waals surface area contributed by atoms with Crippen LogP contribution in [-0.4, -0.2) is 15.0 Å². The second kappa shape index (κ2) is 3.45. The summed E-state index contributed by atoms with van der Waals surface area (Å²) in [5.41, 5.74) is 0.483. The molecule has 2 nitrogen and oxygen atoms in total. The van der Waals surface area contributed by atoms with E-state index < -0.39 is 9.04 Å². The third kappa shape index (κ3) is 3.97. The Kier molecular flexibility index (Phi) is 3.23. The van der Waals surface area contributed by atoms with Gasteiger partial charge in [-0.25, -0.2) is 4.79 Å². The molecular weight excluding hydrogens is 132 g/mol. The van der Waals surface area contributed by atoms with Crippen LogP contribution in [0.15, 0.2) is 12.2 Å². The third-order valence-electron chi connectivity index (χ3n) is 0.691. The van der Waals surface area contributed by atoms with Crippen LogP contribution in [0.2, 0.25) is 13.1 Å². The molecule has 0 aromatic heterocycles. The summed E-state index contributed by atoms with van der Waals surface area (Å²) in [6, 6.07) is 0. The molecule has 0 heterocycles. The zero-order valence-electron chi connectivity index (χ0n) is 6.10. The van der Waals surface area contributed by atoms with E-state index in [9.17, 15) is 4.79 Å². The maximum Gasteiger partial charge on any atom is 0.319 e. The fourth-order valence-corrected chi connectivity index (χ4v) is 0.944. The number of hydrogen-bond donors (Lipinski definition) is 0. The highest BCUT2D eigenvalue weighted by Gasteiger charge is 2.04. The quantitative estimate of drug-likeness (QED) is 0.428. The van der Waals surface area contributed by atoms with E-state index in [1.165, 1.54) is 0 Å². The Labute approximate surface area is 57.3 Å². The molecule has 0 radical (unpaired) electrons. The molecule has 0 aliphatic heterocycles. The number of rotatable bonds is 2. The molecule has 0 aliphatic carbocycles. The lowest BCUT2D eigenvalue weighted by Crippen LogP contribution is -2.15. The summed E-state index contributed by atoms with van der Waals surface area (Å²) in [6.07, 6.45) is 0. The molecule has 0 N–H and O–H groups in total. The van der Waals surface area contributed by atoms with Gasteiger partial charge in [0.25, 0.3) is 0 Å². The van der Waals surface area contributed by atoms with E-state index in [4.69, 9.17) is 4.43 Å². The molecule has 9 heavy (non-hydrogen) atoms. The molecule has 0 fully saturated rings. The molecule has 0 bridgehead atoms. The minimum atomic E-state index is -1.19. The Hall–Kier alpha value is -0.573. The highest BCUT2D eigenvalue weighted by Crippen LogP contribution is 1.93. The molecule has 0 aliphatic rings. The van der Waals surface area contributed by atoms with Gasteiger partial charge in [-0.3, -0.25) is 0 Å². The average Bonchev–Trinajstić information content (AvgIpc) is 1.63. The zero-order chi connectivity index (χ0) is 7.44. The van der Waals surface area contributed by atoms with Crippen LogP contribution in [0, 0.1) is 0 Å². The lowest BCUT2D eigenvalue weighted by atomic mass is 10.4. The standard InChI is InChI=1S/C6H12O2Si/c1-5(2)6(7)8-9(3)4/h9H,1H2,2-4H3. The summed E-state index contributed by atoms with van der Waals surface area (Å²) in [4.78, 5) is 10.7. The molecule has 0 saturated carbocycles. The van der Waals surface area contributed by atoms with Crippen LogP contribution in [0.1, 0.15) is 6.92 Å². The summed E-state index contributed by atoms with van der Waals surface area (Å²) >= 11 is 0. The van der Waals surface area contributed by atoms with Crippen molar-refractivity contribution in [3.05, 3.63) is 12.2 Å². The Bertz CT molecular complexity index is 129. The van der Waals surface area contributed by atoms with Crippen molar-refractivity contribution in [2.75, 3.05) is 0 Å². The molecule has 0 saturated heterocycles. The van der Waals surface area contributed by atoms with Crippen molar-refractivity contribution >= 4 is 15.0 Å². The number of hydrogen-bond acceptors (Lipinski definition) is 2. The smallest absolute Gasteiger partial charge is 0.319 e. The minimum absolute atomic E-state index is 0.253. The largest absolute Gasteiger partial charge is 0.519 e. The molecule has 3 heteroatoms. The summed E-state index contributed by atoms with van der Waals surface area (Å²) in [5.74, 6) is -0.253. The second-order valence-electron chi connectivity index (χ2n) is 2.23. The van der Waals surface area contributed by atoms with E-state index in [1.54, 1.807) is 6.92 Å². The predicted octanol–water partition coefficient (Wildman–Crippen LogP) is 1.09. The van der Waals surface area contributed by atoms with Gasteiger partial charge in [0, 0.05) is 5.57 Å². The second-order valence-corrected chi connectivity index (χ2v) is 4.57. The van der Waals surface area contributed by atoms with Gasteiger partial charge in [-0.05, 0) is 20.0 Å². The van der Waals surface area contributed by atoms with Crippen molar-refractivity contribution in [3.63, 3.8) is 0 Å². The van der Waals surface area contributed by atoms with Crippen molar-refractivity contribution in [2.24, 2.45) is 0 Å². The summed E-state index contributed by atoms with van der Waals surface area (Å²) in [6.45, 7) is 9.00. The first-order valence-corrected chi connectivity index (χ1v) is 5.68. The molecular formula is C6H12O2Si. The number of carbonyl (C=O) groups is 1. The van der Waals surface area contributed by atoms with Gasteiger partial charge in [0.1, 0.15) is 0 Å². The first-order valence-electron chi connectivity index (χ1n) is 2.90. The fourth-order valence-electron chi connectivity index (χ4n) is 0.315. The fraction of sp³-hybridized carbons (Fsp3) is 0.500. The highest BCUT2D eigenvalue weighted by atomic mass is 28.3. The molecule has 0 unspecified atom stereocenters. The van der Waals surface area contributed by atoms with Crippen LogP contribution >= 0.6 is 0 Å². The Balaban J connectivity index is 3.65. The minimum Gasteiger partial charge on any atom is -0.519 e. The van der Waals surface area contributed by atoms with E-state index in [0.717, 1.165) is 0 Å². The van der Waals surface area contributed by atoms with Gasteiger partial charge < -0.3 is 4.43 Å². The maximum atomic E-state index is 10.7. The Morgan fingerprint density at radius 2 is 2.00 bits per heavy atom. The number of carbonyl (C=O) groups excluding carboxylic acids is 1. The van der Waals surface area contributed by atoms with Gasteiger partial charge in [-0.15, -0.1) is 0 Å². The molecule has 0 atom stereocenters. The summed E-state index contributed by atoms with van der Waals surface area (Å²) < 4.78 is 4.91. The topological polar surface area (TPSA) is 26.3 Å². The first-order chi connectivity index (χ1) is 4.04. The van der Waals surface area contributed by atoms with Crippen LogP contribution in [0.25, 0.3) is 0 Å². The molecule has 52 valence electrons. The van der Waals surface area contributed by atoms with Crippen LogP contribution < -0.4 is 0 Å². The molecule has 0 amide bonds. The molecule has 0 aromatic carbocycles. The van der Waals surface area contributed by atoms with Gasteiger partial charge in [0.15, 0.2) is 0 Å². The third-order valence-corrected chi connectivity index (χ3v) is 1.38. The van der Waals surface area contributed by atoms with Crippen LogP contribution in [0.3, 0.4) is 0 Å². The molecule has 0 aromatic rings. The van der Waals surface area contributed by atoms with Crippen molar-refractivity contribution < 1.29 is 9.22 Å². The van der Waals surface area contributed by atoms with Crippen LogP contribution in [0.4, 0.5) is 0 Å². The SMILES string of the molecule is C=C(C)C(=O)O[SiH](C)C. The first kappa shape index (κ1) is 8.43. The van der Waals surface area contributed by atoms with Crippen LogP contribution in [-0.2, 0) is 9.22 Å². The van der Waals surface area contributed by atoms with Gasteiger partial charge in [-0.2, -0.15) is 0 Å². The molecule has 0 spiro atoms.